The molecule has 1 aliphatic carbocycles. The monoisotopic (exact) mass is 540 g/mol. The van der Waals surface area contributed by atoms with Crippen molar-refractivity contribution in [3.63, 3.8) is 0 Å². The van der Waals surface area contributed by atoms with Gasteiger partial charge in [0.2, 0.25) is 0 Å². The zero-order valence-electron chi connectivity index (χ0n) is 20.0. The lowest BCUT2D eigenvalue weighted by Crippen LogP contribution is -2.42. The van der Waals surface area contributed by atoms with Crippen LogP contribution in [0.4, 0.5) is 4.39 Å². The van der Waals surface area contributed by atoms with Crippen molar-refractivity contribution in [2.24, 2.45) is 5.92 Å². The average molecular weight is 541 g/mol. The Morgan fingerprint density at radius 3 is 2.95 bits per heavy atom. The molecule has 0 amide bonds. The van der Waals surface area contributed by atoms with Crippen LogP contribution in [0.3, 0.4) is 0 Å². The number of Topliss-reactive ketones (excluding diaryl/α,β-unsaturated/α-hetero) is 1. The Hall–Kier alpha value is -2.94. The van der Waals surface area contributed by atoms with Crippen LogP contribution in [0.1, 0.15) is 35.7 Å². The van der Waals surface area contributed by atoms with Gasteiger partial charge in [0.1, 0.15) is 22.9 Å². The van der Waals surface area contributed by atoms with E-state index in [2.05, 4.69) is 38.3 Å². The Bertz CT molecular complexity index is 1380. The van der Waals surface area contributed by atoms with Crippen molar-refractivity contribution in [2.45, 2.75) is 42.9 Å². The summed E-state index contributed by atoms with van der Waals surface area (Å²) in [6.07, 6.45) is 7.35. The molecule has 8 nitrogen and oxygen atoms in total. The lowest BCUT2D eigenvalue weighted by molar-refractivity contribution is 0.0988. The van der Waals surface area contributed by atoms with E-state index >= 15 is 0 Å². The number of halogens is 2. The van der Waals surface area contributed by atoms with E-state index in [1.54, 1.807) is 42.2 Å². The van der Waals surface area contributed by atoms with E-state index < -0.39 is 12.2 Å². The normalized spacial score (nSPS) is 23.8. The number of ketones is 1. The maximum atomic E-state index is 14.1. The lowest BCUT2D eigenvalue weighted by atomic mass is 9.94. The number of hydrogen-bond acceptors (Lipinski definition) is 8. The number of rotatable bonds is 7. The molecule has 192 valence electrons. The Morgan fingerprint density at radius 2 is 2.19 bits per heavy atom. The lowest BCUT2D eigenvalue weighted by Gasteiger charge is -2.24. The SMILES string of the molecule is CC(F)C1C=C(c2cc(-n3ccccc3=O)ncc2C(=O)CNC2NNC(C#CC3CC3)S2)C(Cl)=CN1. The summed E-state index contributed by atoms with van der Waals surface area (Å²) in [7, 11) is 0. The number of carbonyl (C=O) groups is 1. The largest absolute Gasteiger partial charge is 0.381 e. The number of nitrogens with one attached hydrogen (secondary N) is 4. The number of carbonyl (C=O) groups excluding carboxylic acids is 1. The van der Waals surface area contributed by atoms with Gasteiger partial charge >= 0.3 is 0 Å². The minimum Gasteiger partial charge on any atom is -0.381 e. The van der Waals surface area contributed by atoms with E-state index in [0.717, 1.165) is 0 Å². The molecule has 0 bridgehead atoms. The van der Waals surface area contributed by atoms with E-state index in [-0.39, 0.29) is 28.8 Å². The Morgan fingerprint density at radius 1 is 1.35 bits per heavy atom. The van der Waals surface area contributed by atoms with Gasteiger partial charge in [-0.3, -0.25) is 19.5 Å². The maximum Gasteiger partial charge on any atom is 0.256 e. The summed E-state index contributed by atoms with van der Waals surface area (Å²) in [5, 5.41) is 6.37. The summed E-state index contributed by atoms with van der Waals surface area (Å²) in [4.78, 5) is 30.2. The summed E-state index contributed by atoms with van der Waals surface area (Å²) in [6, 6.07) is 5.79. The van der Waals surface area contributed by atoms with Gasteiger partial charge in [0.25, 0.3) is 5.56 Å². The average Bonchev–Trinajstić information content (AvgIpc) is 3.62. The molecule has 0 radical (unpaired) electrons. The first kappa shape index (κ1) is 25.7. The summed E-state index contributed by atoms with van der Waals surface area (Å²) in [5.41, 5.74) is 7.01. The number of alkyl halides is 1. The van der Waals surface area contributed by atoms with Crippen molar-refractivity contribution < 1.29 is 9.18 Å². The van der Waals surface area contributed by atoms with E-state index in [1.165, 1.54) is 42.8 Å². The first-order chi connectivity index (χ1) is 17.9. The minimum atomic E-state index is -1.19. The Balaban J connectivity index is 1.40. The standard InChI is InChI=1S/C26H26ClFN6O2S/c1-15(28)21-10-18(20(27)13-29-21)17-11-23(34-9-3-2-4-25(34)36)30-12-19(17)22(35)14-31-26-33-32-24(37-26)8-7-16-5-6-16/h2-4,9-13,15-16,21,24,26,29,31-33H,5-6,14H2,1H3. The summed E-state index contributed by atoms with van der Waals surface area (Å²) < 4.78 is 15.5. The Labute approximate surface area is 223 Å². The molecule has 4 heterocycles. The molecule has 2 aromatic rings. The van der Waals surface area contributed by atoms with Crippen molar-refractivity contribution in [3.8, 4) is 17.7 Å². The van der Waals surface area contributed by atoms with Gasteiger partial charge in [-0.25, -0.2) is 20.2 Å². The first-order valence-corrected chi connectivity index (χ1v) is 13.3. The fraction of sp³-hybridized carbons (Fsp3) is 0.346. The number of pyridine rings is 2. The number of dihydropyridines is 1. The number of nitrogens with zero attached hydrogens (tertiary/aromatic N) is 2. The van der Waals surface area contributed by atoms with Crippen LogP contribution in [0, 0.1) is 17.8 Å². The minimum absolute atomic E-state index is 0.0181. The predicted molar refractivity (Wildman–Crippen MR) is 144 cm³/mol. The third-order valence-electron chi connectivity index (χ3n) is 6.11. The second kappa shape index (κ2) is 11.2. The molecule has 1 saturated carbocycles. The van der Waals surface area contributed by atoms with Crippen molar-refractivity contribution in [3.05, 3.63) is 75.4 Å². The number of aromatic nitrogens is 2. The first-order valence-electron chi connectivity index (χ1n) is 12.0. The third-order valence-corrected chi connectivity index (χ3v) is 7.49. The summed E-state index contributed by atoms with van der Waals surface area (Å²) >= 11 is 8.05. The molecule has 4 atom stereocenters. The highest BCUT2D eigenvalue weighted by atomic mass is 35.5. The van der Waals surface area contributed by atoms with Crippen LogP contribution in [-0.4, -0.2) is 45.0 Å². The molecule has 1 saturated heterocycles. The highest BCUT2D eigenvalue weighted by molar-refractivity contribution is 8.00. The third kappa shape index (κ3) is 6.14. The zero-order valence-corrected chi connectivity index (χ0v) is 21.6. The van der Waals surface area contributed by atoms with Crippen molar-refractivity contribution in [2.75, 3.05) is 6.54 Å². The van der Waals surface area contributed by atoms with Crippen molar-refractivity contribution in [1.29, 1.82) is 0 Å². The zero-order chi connectivity index (χ0) is 25.9. The van der Waals surface area contributed by atoms with Gasteiger partial charge in [-0.15, -0.1) is 0 Å². The Kier molecular flexibility index (Phi) is 7.79. The summed E-state index contributed by atoms with van der Waals surface area (Å²) in [5.74, 6) is 7.06. The van der Waals surface area contributed by atoms with E-state index in [1.807, 2.05) is 0 Å². The van der Waals surface area contributed by atoms with Gasteiger partial charge in [-0.2, -0.15) is 0 Å². The van der Waals surface area contributed by atoms with Crippen LogP contribution in [0.5, 0.6) is 0 Å². The maximum absolute atomic E-state index is 14.1. The molecule has 37 heavy (non-hydrogen) atoms. The fourth-order valence-corrected chi connectivity index (χ4v) is 4.99. The molecule has 4 N–H and O–H groups in total. The van der Waals surface area contributed by atoms with Crippen LogP contribution >= 0.6 is 23.4 Å². The van der Waals surface area contributed by atoms with Gasteiger partial charge < -0.3 is 5.32 Å². The molecule has 0 spiro atoms. The highest BCUT2D eigenvalue weighted by Crippen LogP contribution is 2.33. The van der Waals surface area contributed by atoms with Gasteiger partial charge in [0.15, 0.2) is 5.78 Å². The van der Waals surface area contributed by atoms with Crippen LogP contribution in [0.15, 0.2) is 58.8 Å². The van der Waals surface area contributed by atoms with Gasteiger partial charge in [0.05, 0.1) is 17.6 Å². The van der Waals surface area contributed by atoms with Crippen LogP contribution in [-0.2, 0) is 0 Å². The molecule has 11 heteroatoms. The number of hydrogen-bond donors (Lipinski definition) is 4. The molecule has 0 aromatic carbocycles. The molecule has 4 unspecified atom stereocenters. The molecular weight excluding hydrogens is 515 g/mol. The molecule has 5 rings (SSSR count). The second-order valence-electron chi connectivity index (χ2n) is 8.99. The fourth-order valence-electron chi connectivity index (χ4n) is 3.90. The van der Waals surface area contributed by atoms with Gasteiger partial charge in [0, 0.05) is 41.7 Å². The van der Waals surface area contributed by atoms with Crippen LogP contribution < -0.4 is 27.0 Å². The number of thioether (sulfide) groups is 1. The van der Waals surface area contributed by atoms with E-state index in [0.29, 0.717) is 33.5 Å². The van der Waals surface area contributed by atoms with Crippen molar-refractivity contribution in [1.82, 2.24) is 31.0 Å². The van der Waals surface area contributed by atoms with Crippen molar-refractivity contribution >= 4 is 34.7 Å². The van der Waals surface area contributed by atoms with Crippen LogP contribution in [0.2, 0.25) is 0 Å². The second-order valence-corrected chi connectivity index (χ2v) is 10.6. The van der Waals surface area contributed by atoms with Crippen LogP contribution in [0.25, 0.3) is 11.4 Å². The van der Waals surface area contributed by atoms with Gasteiger partial charge in [-0.1, -0.05) is 47.3 Å². The topological polar surface area (TPSA) is 100 Å². The summed E-state index contributed by atoms with van der Waals surface area (Å²) in [6.45, 7) is 1.46. The smallest absolute Gasteiger partial charge is 0.256 e. The number of hydrazine groups is 1. The molecule has 2 fully saturated rings. The predicted octanol–water partition coefficient (Wildman–Crippen LogP) is 2.66. The molecule has 3 aliphatic rings. The molecule has 2 aromatic heterocycles. The molecule has 2 aliphatic heterocycles. The van der Waals surface area contributed by atoms with Gasteiger partial charge in [-0.05, 0) is 37.5 Å². The highest BCUT2D eigenvalue weighted by Gasteiger charge is 2.27. The van der Waals surface area contributed by atoms with E-state index in [9.17, 15) is 14.0 Å². The molecular formula is C26H26ClFN6O2S. The van der Waals surface area contributed by atoms with E-state index in [4.69, 9.17) is 11.6 Å². The number of allylic oxidation sites excluding steroid dienone is 2. The quantitative estimate of drug-likeness (QED) is 0.314.